The Balaban J connectivity index is 1.73. The van der Waals surface area contributed by atoms with Crippen LogP contribution in [0, 0.1) is 5.82 Å². The second-order valence-electron chi connectivity index (χ2n) is 5.66. The van der Waals surface area contributed by atoms with Gasteiger partial charge in [-0.2, -0.15) is 0 Å². The smallest absolute Gasteiger partial charge is 0.220 e. The van der Waals surface area contributed by atoms with E-state index in [0.717, 1.165) is 44.8 Å². The summed E-state index contributed by atoms with van der Waals surface area (Å²) in [4.78, 5) is 14.4. The fourth-order valence-corrected chi connectivity index (χ4v) is 2.71. The molecule has 1 saturated heterocycles. The van der Waals surface area contributed by atoms with Gasteiger partial charge in [-0.25, -0.2) is 4.39 Å². The molecule has 1 atom stereocenters. The topological polar surface area (TPSA) is 41.6 Å². The van der Waals surface area contributed by atoms with Crippen LogP contribution in [-0.4, -0.2) is 50.2 Å². The zero-order valence-corrected chi connectivity index (χ0v) is 13.2. The van der Waals surface area contributed by atoms with Crippen LogP contribution in [0.5, 0.6) is 0 Å². The molecule has 1 aliphatic rings. The van der Waals surface area contributed by atoms with E-state index in [2.05, 4.69) is 17.1 Å². The summed E-state index contributed by atoms with van der Waals surface area (Å²) in [6.07, 6.45) is 1.31. The summed E-state index contributed by atoms with van der Waals surface area (Å²) in [5.74, 6) is -0.0398. The highest BCUT2D eigenvalue weighted by molar-refractivity contribution is 5.76. The summed E-state index contributed by atoms with van der Waals surface area (Å²) in [5, 5.41) is 2.98. The van der Waals surface area contributed by atoms with Gasteiger partial charge in [0.2, 0.25) is 5.91 Å². The summed E-state index contributed by atoms with van der Waals surface area (Å²) in [6, 6.07) is 6.44. The molecular formula is C17H25FN2O2. The van der Waals surface area contributed by atoms with Crippen molar-refractivity contribution in [1.82, 2.24) is 10.2 Å². The minimum Gasteiger partial charge on any atom is -0.379 e. The summed E-state index contributed by atoms with van der Waals surface area (Å²) < 4.78 is 18.3. The molecule has 1 aromatic rings. The lowest BCUT2D eigenvalue weighted by molar-refractivity contribution is -0.121. The van der Waals surface area contributed by atoms with E-state index in [1.165, 1.54) is 12.1 Å². The maximum Gasteiger partial charge on any atom is 0.220 e. The minimum absolute atomic E-state index is 0.0597. The van der Waals surface area contributed by atoms with Gasteiger partial charge < -0.3 is 10.1 Å². The highest BCUT2D eigenvalue weighted by Crippen LogP contribution is 2.23. The van der Waals surface area contributed by atoms with Crippen LogP contribution in [0.25, 0.3) is 0 Å². The number of morpholine rings is 1. The van der Waals surface area contributed by atoms with Crippen LogP contribution in [0.4, 0.5) is 4.39 Å². The van der Waals surface area contributed by atoms with Crippen LogP contribution >= 0.6 is 0 Å². The number of amides is 1. The Morgan fingerprint density at radius 3 is 2.64 bits per heavy atom. The van der Waals surface area contributed by atoms with Crippen molar-refractivity contribution in [3.63, 3.8) is 0 Å². The number of carbonyl (C=O) groups excluding carboxylic acids is 1. The maximum absolute atomic E-state index is 13.0. The Hall–Kier alpha value is -1.46. The molecule has 0 radical (unpaired) electrons. The number of hydrogen-bond donors (Lipinski definition) is 1. The van der Waals surface area contributed by atoms with Gasteiger partial charge in [0.25, 0.3) is 0 Å². The summed E-state index contributed by atoms with van der Waals surface area (Å²) in [5.41, 5.74) is 1.02. The number of carbonyl (C=O) groups is 1. The largest absolute Gasteiger partial charge is 0.379 e. The van der Waals surface area contributed by atoms with Crippen molar-refractivity contribution in [3.05, 3.63) is 35.6 Å². The molecule has 5 heteroatoms. The lowest BCUT2D eigenvalue weighted by Gasteiger charge is -2.26. The molecule has 2 rings (SSSR count). The van der Waals surface area contributed by atoms with Gasteiger partial charge >= 0.3 is 0 Å². The number of hydrogen-bond acceptors (Lipinski definition) is 3. The monoisotopic (exact) mass is 308 g/mol. The second kappa shape index (κ2) is 8.86. The predicted molar refractivity (Wildman–Crippen MR) is 84.3 cm³/mol. The SMILES string of the molecule is CCC(CC(=O)NCCN1CCOCC1)c1ccc(F)cc1. The Morgan fingerprint density at radius 1 is 1.32 bits per heavy atom. The van der Waals surface area contributed by atoms with Crippen molar-refractivity contribution >= 4 is 5.91 Å². The van der Waals surface area contributed by atoms with Crippen LogP contribution in [0.1, 0.15) is 31.2 Å². The fourth-order valence-electron chi connectivity index (χ4n) is 2.71. The molecule has 22 heavy (non-hydrogen) atoms. The van der Waals surface area contributed by atoms with Crippen LogP contribution in [0.2, 0.25) is 0 Å². The molecule has 0 aliphatic carbocycles. The number of rotatable bonds is 7. The van der Waals surface area contributed by atoms with Gasteiger partial charge in [-0.3, -0.25) is 9.69 Å². The van der Waals surface area contributed by atoms with Gasteiger partial charge in [-0.15, -0.1) is 0 Å². The van der Waals surface area contributed by atoms with Crippen molar-refractivity contribution in [2.24, 2.45) is 0 Å². The third-order valence-corrected chi connectivity index (χ3v) is 4.12. The minimum atomic E-state index is -0.242. The van der Waals surface area contributed by atoms with Crippen molar-refractivity contribution in [1.29, 1.82) is 0 Å². The normalized spacial score (nSPS) is 17.2. The van der Waals surface area contributed by atoms with Gasteiger partial charge in [0.1, 0.15) is 5.82 Å². The van der Waals surface area contributed by atoms with E-state index in [-0.39, 0.29) is 17.6 Å². The highest BCUT2D eigenvalue weighted by atomic mass is 19.1. The molecule has 0 saturated carbocycles. The first-order valence-corrected chi connectivity index (χ1v) is 8.01. The van der Waals surface area contributed by atoms with E-state index < -0.39 is 0 Å². The van der Waals surface area contributed by atoms with E-state index in [0.29, 0.717) is 13.0 Å². The number of nitrogens with zero attached hydrogens (tertiary/aromatic N) is 1. The van der Waals surface area contributed by atoms with E-state index >= 15 is 0 Å². The molecule has 1 aromatic carbocycles. The predicted octanol–water partition coefficient (Wildman–Crippen LogP) is 2.16. The number of ether oxygens (including phenoxy) is 1. The van der Waals surface area contributed by atoms with Gasteiger partial charge in [0.05, 0.1) is 13.2 Å². The number of nitrogens with one attached hydrogen (secondary N) is 1. The van der Waals surface area contributed by atoms with Crippen molar-refractivity contribution in [2.45, 2.75) is 25.7 Å². The standard InChI is InChI=1S/C17H25FN2O2/c1-2-14(15-3-5-16(18)6-4-15)13-17(21)19-7-8-20-9-11-22-12-10-20/h3-6,14H,2,7-13H2,1H3,(H,19,21). The van der Waals surface area contributed by atoms with Gasteiger partial charge in [-0.1, -0.05) is 19.1 Å². The molecule has 4 nitrogen and oxygen atoms in total. The molecule has 0 bridgehead atoms. The van der Waals surface area contributed by atoms with Crippen molar-refractivity contribution in [3.8, 4) is 0 Å². The third-order valence-electron chi connectivity index (χ3n) is 4.12. The van der Waals surface area contributed by atoms with E-state index in [9.17, 15) is 9.18 Å². The van der Waals surface area contributed by atoms with Crippen molar-refractivity contribution in [2.75, 3.05) is 39.4 Å². The van der Waals surface area contributed by atoms with E-state index in [1.807, 2.05) is 0 Å². The average molecular weight is 308 g/mol. The number of benzene rings is 1. The first kappa shape index (κ1) is 16.9. The Bertz CT molecular complexity index is 458. The first-order chi connectivity index (χ1) is 10.7. The lowest BCUT2D eigenvalue weighted by Crippen LogP contribution is -2.41. The average Bonchev–Trinajstić information content (AvgIpc) is 2.54. The van der Waals surface area contributed by atoms with E-state index in [1.54, 1.807) is 12.1 Å². The zero-order valence-electron chi connectivity index (χ0n) is 13.2. The maximum atomic E-state index is 13.0. The summed E-state index contributed by atoms with van der Waals surface area (Å²) >= 11 is 0. The van der Waals surface area contributed by atoms with E-state index in [4.69, 9.17) is 4.74 Å². The fraction of sp³-hybridized carbons (Fsp3) is 0.588. The molecule has 0 aromatic heterocycles. The van der Waals surface area contributed by atoms with Crippen LogP contribution in [0.15, 0.2) is 24.3 Å². The molecule has 1 N–H and O–H groups in total. The van der Waals surface area contributed by atoms with Gasteiger partial charge in [-0.05, 0) is 30.0 Å². The van der Waals surface area contributed by atoms with Crippen molar-refractivity contribution < 1.29 is 13.9 Å². The Labute approximate surface area is 131 Å². The number of halogens is 1. The molecule has 1 amide bonds. The second-order valence-corrected chi connectivity index (χ2v) is 5.66. The molecular weight excluding hydrogens is 283 g/mol. The molecule has 0 spiro atoms. The quantitative estimate of drug-likeness (QED) is 0.839. The van der Waals surface area contributed by atoms with Crippen LogP contribution in [-0.2, 0) is 9.53 Å². The molecule has 1 fully saturated rings. The molecule has 1 heterocycles. The highest BCUT2D eigenvalue weighted by Gasteiger charge is 2.15. The Morgan fingerprint density at radius 2 is 2.00 bits per heavy atom. The van der Waals surface area contributed by atoms with Crippen LogP contribution < -0.4 is 5.32 Å². The van der Waals surface area contributed by atoms with Gasteiger partial charge in [0.15, 0.2) is 0 Å². The van der Waals surface area contributed by atoms with Gasteiger partial charge in [0, 0.05) is 32.6 Å². The molecule has 1 unspecified atom stereocenters. The summed E-state index contributed by atoms with van der Waals surface area (Å²) in [7, 11) is 0. The molecule has 1 aliphatic heterocycles. The Kier molecular flexibility index (Phi) is 6.80. The van der Waals surface area contributed by atoms with Crippen LogP contribution in [0.3, 0.4) is 0 Å². The zero-order chi connectivity index (χ0) is 15.8. The summed E-state index contributed by atoms with van der Waals surface area (Å²) in [6.45, 7) is 7.00. The first-order valence-electron chi connectivity index (χ1n) is 8.01. The third kappa shape index (κ3) is 5.39. The lowest BCUT2D eigenvalue weighted by atomic mass is 9.93. The molecule has 122 valence electrons.